The molecule has 1 aromatic rings. The van der Waals surface area contributed by atoms with Crippen LogP contribution in [0.3, 0.4) is 0 Å². The van der Waals surface area contributed by atoms with Crippen molar-refractivity contribution < 1.29 is 14.6 Å². The number of ether oxygens (including phenoxy) is 1. The zero-order valence-electron chi connectivity index (χ0n) is 13.5. The van der Waals surface area contributed by atoms with Crippen molar-refractivity contribution in [3.8, 4) is 0 Å². The van der Waals surface area contributed by atoms with E-state index in [-0.39, 0.29) is 12.1 Å². The first-order valence-corrected chi connectivity index (χ1v) is 7.56. The van der Waals surface area contributed by atoms with Crippen molar-refractivity contribution in [2.75, 3.05) is 13.1 Å². The van der Waals surface area contributed by atoms with E-state index in [1.54, 1.807) is 17.8 Å². The first-order chi connectivity index (χ1) is 10.3. The van der Waals surface area contributed by atoms with Gasteiger partial charge in [0.05, 0.1) is 24.4 Å². The van der Waals surface area contributed by atoms with Gasteiger partial charge < -0.3 is 20.5 Å². The van der Waals surface area contributed by atoms with Gasteiger partial charge in [0.2, 0.25) is 0 Å². The molecule has 0 aromatic carbocycles. The maximum absolute atomic E-state index is 12.0. The number of amides is 1. The van der Waals surface area contributed by atoms with E-state index in [0.717, 1.165) is 13.0 Å². The number of aromatic nitrogens is 3. The normalized spacial score (nSPS) is 23.9. The average molecular weight is 311 g/mol. The average Bonchev–Trinajstić information content (AvgIpc) is 2.86. The third-order valence-electron chi connectivity index (χ3n) is 3.44. The van der Waals surface area contributed by atoms with Crippen LogP contribution < -0.4 is 10.6 Å². The molecule has 1 fully saturated rings. The molecular weight excluding hydrogens is 286 g/mol. The quantitative estimate of drug-likeness (QED) is 0.762. The second kappa shape index (κ2) is 6.62. The Bertz CT molecular complexity index is 509. The molecule has 0 spiro atoms. The van der Waals surface area contributed by atoms with Gasteiger partial charge in [-0.1, -0.05) is 5.21 Å². The summed E-state index contributed by atoms with van der Waals surface area (Å²) in [5, 5.41) is 23.7. The summed E-state index contributed by atoms with van der Waals surface area (Å²) in [6, 6.07) is -0.166. The van der Waals surface area contributed by atoms with Gasteiger partial charge in [0.25, 0.3) is 0 Å². The summed E-state index contributed by atoms with van der Waals surface area (Å²) in [4.78, 5) is 12.0. The Morgan fingerprint density at radius 2 is 2.32 bits per heavy atom. The van der Waals surface area contributed by atoms with Crippen molar-refractivity contribution in [2.24, 2.45) is 0 Å². The molecule has 2 heterocycles. The highest BCUT2D eigenvalue weighted by molar-refractivity contribution is 5.68. The molecule has 3 N–H and O–H groups in total. The van der Waals surface area contributed by atoms with E-state index >= 15 is 0 Å². The topological polar surface area (TPSA) is 101 Å². The minimum Gasteiger partial charge on any atom is -0.444 e. The van der Waals surface area contributed by atoms with Crippen LogP contribution in [0, 0.1) is 0 Å². The van der Waals surface area contributed by atoms with Crippen molar-refractivity contribution in [1.82, 2.24) is 25.6 Å². The molecule has 124 valence electrons. The molecule has 0 bridgehead atoms. The second-order valence-electron chi connectivity index (χ2n) is 6.61. The summed E-state index contributed by atoms with van der Waals surface area (Å²) >= 11 is 0. The van der Waals surface area contributed by atoms with Crippen molar-refractivity contribution in [1.29, 1.82) is 0 Å². The zero-order chi connectivity index (χ0) is 16.3. The van der Waals surface area contributed by atoms with Gasteiger partial charge in [-0.05, 0) is 40.7 Å². The lowest BCUT2D eigenvalue weighted by molar-refractivity contribution is 0.0474. The summed E-state index contributed by atoms with van der Waals surface area (Å²) < 4.78 is 7.02. The molecule has 0 radical (unpaired) electrons. The summed E-state index contributed by atoms with van der Waals surface area (Å²) in [6.07, 6.45) is 1.43. The summed E-state index contributed by atoms with van der Waals surface area (Å²) in [5.74, 6) is 0. The Morgan fingerprint density at radius 3 is 2.91 bits per heavy atom. The van der Waals surface area contributed by atoms with Gasteiger partial charge in [-0.15, -0.1) is 5.10 Å². The lowest BCUT2D eigenvalue weighted by Gasteiger charge is -2.33. The molecule has 8 heteroatoms. The second-order valence-corrected chi connectivity index (χ2v) is 6.61. The molecule has 8 nitrogen and oxygen atoms in total. The third-order valence-corrected chi connectivity index (χ3v) is 3.44. The number of carbonyl (C=O) groups is 1. The van der Waals surface area contributed by atoms with Crippen LogP contribution in [-0.4, -0.2) is 50.9 Å². The van der Waals surface area contributed by atoms with Gasteiger partial charge in [-0.2, -0.15) is 0 Å². The van der Waals surface area contributed by atoms with Gasteiger partial charge in [0.1, 0.15) is 11.3 Å². The van der Waals surface area contributed by atoms with Gasteiger partial charge in [-0.3, -0.25) is 0 Å². The van der Waals surface area contributed by atoms with Gasteiger partial charge in [0.15, 0.2) is 0 Å². The number of alkyl carbamates (subject to hydrolysis) is 1. The predicted octanol–water partition coefficient (Wildman–Crippen LogP) is 0.759. The minimum absolute atomic E-state index is 0.0197. The fraction of sp³-hybridized carbons (Fsp3) is 0.786. The number of hydrogen-bond donors (Lipinski definition) is 3. The van der Waals surface area contributed by atoms with Crippen molar-refractivity contribution in [3.05, 3.63) is 11.9 Å². The van der Waals surface area contributed by atoms with Crippen molar-refractivity contribution in [2.45, 2.75) is 57.9 Å². The van der Waals surface area contributed by atoms with Crippen LogP contribution in [-0.2, 0) is 4.74 Å². The van der Waals surface area contributed by atoms with E-state index in [4.69, 9.17) is 4.74 Å². The van der Waals surface area contributed by atoms with Gasteiger partial charge in [0, 0.05) is 6.54 Å². The highest BCUT2D eigenvalue weighted by atomic mass is 16.6. The Labute approximate surface area is 130 Å². The highest BCUT2D eigenvalue weighted by Crippen LogP contribution is 2.20. The predicted molar refractivity (Wildman–Crippen MR) is 80.3 cm³/mol. The lowest BCUT2D eigenvalue weighted by Crippen LogP contribution is -2.52. The summed E-state index contributed by atoms with van der Waals surface area (Å²) in [6.45, 7) is 8.60. The molecule has 22 heavy (non-hydrogen) atoms. The standard InChI is InChI=1S/C14H25N5O3/c1-9(20)11-8-19(18-17-11)12-5-6-15-7-10(12)16-13(21)22-14(2,3)4/h8-10,12,15,20H,5-7H2,1-4H3,(H,16,21)/t9?,10-,12-/m0/s1. The smallest absolute Gasteiger partial charge is 0.407 e. The van der Waals surface area contributed by atoms with Crippen molar-refractivity contribution >= 4 is 6.09 Å². The number of aliphatic hydroxyl groups excluding tert-OH is 1. The first kappa shape index (κ1) is 16.7. The van der Waals surface area contributed by atoms with Crippen LogP contribution >= 0.6 is 0 Å². The van der Waals surface area contributed by atoms with E-state index in [1.807, 2.05) is 20.8 Å². The fourth-order valence-corrected chi connectivity index (χ4v) is 2.41. The summed E-state index contributed by atoms with van der Waals surface area (Å²) in [5.41, 5.74) is -0.0106. The number of rotatable bonds is 3. The third kappa shape index (κ3) is 4.41. The van der Waals surface area contributed by atoms with E-state index in [1.165, 1.54) is 0 Å². The number of nitrogens with zero attached hydrogens (tertiary/aromatic N) is 3. The number of piperidine rings is 1. The van der Waals surface area contributed by atoms with E-state index in [0.29, 0.717) is 12.2 Å². The Balaban J connectivity index is 2.06. The van der Waals surface area contributed by atoms with Crippen LogP contribution in [0.4, 0.5) is 4.79 Å². The highest BCUT2D eigenvalue weighted by Gasteiger charge is 2.30. The molecule has 1 aliphatic rings. The Hall–Kier alpha value is -1.67. The Morgan fingerprint density at radius 1 is 1.59 bits per heavy atom. The van der Waals surface area contributed by atoms with E-state index in [9.17, 15) is 9.90 Å². The lowest BCUT2D eigenvalue weighted by atomic mass is 10.0. The van der Waals surface area contributed by atoms with Crippen LogP contribution in [0.5, 0.6) is 0 Å². The van der Waals surface area contributed by atoms with Gasteiger partial charge >= 0.3 is 6.09 Å². The van der Waals surface area contributed by atoms with Crippen LogP contribution in [0.25, 0.3) is 0 Å². The van der Waals surface area contributed by atoms with Gasteiger partial charge in [-0.25, -0.2) is 9.48 Å². The molecule has 1 aromatic heterocycles. The zero-order valence-corrected chi connectivity index (χ0v) is 13.5. The van der Waals surface area contributed by atoms with Crippen LogP contribution in [0.1, 0.15) is 52.0 Å². The maximum atomic E-state index is 12.0. The molecule has 0 saturated carbocycles. The largest absolute Gasteiger partial charge is 0.444 e. The number of carbonyl (C=O) groups excluding carboxylic acids is 1. The number of aliphatic hydroxyl groups is 1. The first-order valence-electron chi connectivity index (χ1n) is 7.56. The maximum Gasteiger partial charge on any atom is 0.407 e. The number of hydrogen-bond acceptors (Lipinski definition) is 6. The van der Waals surface area contributed by atoms with E-state index < -0.39 is 17.8 Å². The molecule has 3 atom stereocenters. The number of nitrogens with one attached hydrogen (secondary N) is 2. The molecule has 1 unspecified atom stereocenters. The molecular formula is C14H25N5O3. The Kier molecular flexibility index (Phi) is 5.02. The SMILES string of the molecule is CC(O)c1cn([C@H]2CCNC[C@@H]2NC(=O)OC(C)(C)C)nn1. The summed E-state index contributed by atoms with van der Waals surface area (Å²) in [7, 11) is 0. The molecule has 2 rings (SSSR count). The van der Waals surface area contributed by atoms with Crippen molar-refractivity contribution in [3.63, 3.8) is 0 Å². The monoisotopic (exact) mass is 311 g/mol. The minimum atomic E-state index is -0.660. The fourth-order valence-electron chi connectivity index (χ4n) is 2.41. The van der Waals surface area contributed by atoms with Crippen LogP contribution in [0.2, 0.25) is 0 Å². The molecule has 1 amide bonds. The van der Waals surface area contributed by atoms with E-state index in [2.05, 4.69) is 20.9 Å². The molecule has 0 aliphatic carbocycles. The molecule has 1 aliphatic heterocycles. The van der Waals surface area contributed by atoms with Crippen LogP contribution in [0.15, 0.2) is 6.20 Å². The molecule has 1 saturated heterocycles.